The number of hydrogen-bond donors (Lipinski definition) is 1. The third kappa shape index (κ3) is 4.57. The molecule has 0 aliphatic carbocycles. The summed E-state index contributed by atoms with van der Waals surface area (Å²) in [5, 5.41) is 10.0. The van der Waals surface area contributed by atoms with Crippen LogP contribution in [0, 0.1) is 0 Å². The molecule has 0 radical (unpaired) electrons. The molecule has 2 heterocycles. The maximum absolute atomic E-state index is 10.0. The Bertz CT molecular complexity index is 224. The third-order valence-electron chi connectivity index (χ3n) is 4.18. The summed E-state index contributed by atoms with van der Waals surface area (Å²) in [6.07, 6.45) is 8.51. The van der Waals surface area contributed by atoms with E-state index in [1.807, 2.05) is 6.92 Å². The van der Waals surface area contributed by atoms with Crippen LogP contribution in [-0.4, -0.2) is 48.0 Å². The Hall–Kier alpha value is -0.120. The zero-order chi connectivity index (χ0) is 12.1. The molecule has 2 rings (SSSR count). The van der Waals surface area contributed by atoms with Gasteiger partial charge >= 0.3 is 0 Å². The van der Waals surface area contributed by atoms with Crippen molar-refractivity contribution in [1.82, 2.24) is 4.90 Å². The minimum absolute atomic E-state index is 0.427. The number of nitrogens with zero attached hydrogens (tertiary/aromatic N) is 1. The Morgan fingerprint density at radius 1 is 1.29 bits per heavy atom. The molecule has 0 spiro atoms. The van der Waals surface area contributed by atoms with Gasteiger partial charge in [0.2, 0.25) is 0 Å². The van der Waals surface area contributed by atoms with Gasteiger partial charge in [0.1, 0.15) is 0 Å². The molecule has 0 saturated carbocycles. The van der Waals surface area contributed by atoms with Gasteiger partial charge in [-0.15, -0.1) is 0 Å². The molecule has 0 amide bonds. The molecule has 0 aromatic carbocycles. The molecule has 3 heteroatoms. The van der Waals surface area contributed by atoms with E-state index in [-0.39, 0.29) is 0 Å². The van der Waals surface area contributed by atoms with E-state index in [0.29, 0.717) is 6.10 Å². The SMILES string of the molecule is CC1(O)CCCN(CCCC2CCCO2)CC1. The van der Waals surface area contributed by atoms with E-state index in [0.717, 1.165) is 39.0 Å². The topological polar surface area (TPSA) is 32.7 Å². The molecular weight excluding hydrogens is 214 g/mol. The van der Waals surface area contributed by atoms with E-state index in [2.05, 4.69) is 4.90 Å². The van der Waals surface area contributed by atoms with Crippen molar-refractivity contribution in [2.75, 3.05) is 26.2 Å². The van der Waals surface area contributed by atoms with Crippen LogP contribution < -0.4 is 0 Å². The summed E-state index contributed by atoms with van der Waals surface area (Å²) in [5.74, 6) is 0. The van der Waals surface area contributed by atoms with E-state index in [4.69, 9.17) is 4.74 Å². The molecule has 2 aliphatic rings. The van der Waals surface area contributed by atoms with Gasteiger partial charge < -0.3 is 14.7 Å². The van der Waals surface area contributed by atoms with Crippen molar-refractivity contribution < 1.29 is 9.84 Å². The molecule has 2 fully saturated rings. The van der Waals surface area contributed by atoms with Crippen molar-refractivity contribution in [3.63, 3.8) is 0 Å². The predicted octanol–water partition coefficient (Wildman–Crippen LogP) is 2.18. The number of hydrogen-bond acceptors (Lipinski definition) is 3. The number of ether oxygens (including phenoxy) is 1. The fourth-order valence-electron chi connectivity index (χ4n) is 2.96. The van der Waals surface area contributed by atoms with Gasteiger partial charge in [-0.25, -0.2) is 0 Å². The van der Waals surface area contributed by atoms with Crippen LogP contribution in [0.15, 0.2) is 0 Å². The van der Waals surface area contributed by atoms with Gasteiger partial charge in [-0.2, -0.15) is 0 Å². The molecule has 0 aromatic heterocycles. The van der Waals surface area contributed by atoms with Crippen molar-refractivity contribution in [2.45, 2.75) is 63.6 Å². The highest BCUT2D eigenvalue weighted by Crippen LogP contribution is 2.22. The number of likely N-dealkylation sites (tertiary alicyclic amines) is 1. The van der Waals surface area contributed by atoms with Crippen molar-refractivity contribution >= 4 is 0 Å². The smallest absolute Gasteiger partial charge is 0.0632 e. The quantitative estimate of drug-likeness (QED) is 0.819. The van der Waals surface area contributed by atoms with Crippen LogP contribution in [0.4, 0.5) is 0 Å². The van der Waals surface area contributed by atoms with Crippen LogP contribution in [0.25, 0.3) is 0 Å². The lowest BCUT2D eigenvalue weighted by molar-refractivity contribution is 0.0443. The van der Waals surface area contributed by atoms with Gasteiger partial charge in [-0.3, -0.25) is 0 Å². The normalized spacial score (nSPS) is 36.0. The Morgan fingerprint density at radius 2 is 2.18 bits per heavy atom. The lowest BCUT2D eigenvalue weighted by Crippen LogP contribution is -2.29. The molecule has 2 saturated heterocycles. The first-order valence-electron chi connectivity index (χ1n) is 7.22. The molecule has 0 aromatic rings. The Kier molecular flexibility index (Phi) is 4.83. The second kappa shape index (κ2) is 6.17. The third-order valence-corrected chi connectivity index (χ3v) is 4.18. The summed E-state index contributed by atoms with van der Waals surface area (Å²) in [5.41, 5.74) is -0.427. The standard InChI is InChI=1S/C14H27NO2/c1-14(16)7-4-10-15(11-8-14)9-2-5-13-6-3-12-17-13/h13,16H,2-12H2,1H3. The maximum atomic E-state index is 10.0. The van der Waals surface area contributed by atoms with Crippen molar-refractivity contribution in [3.05, 3.63) is 0 Å². The number of aliphatic hydroxyl groups is 1. The molecule has 3 nitrogen and oxygen atoms in total. The van der Waals surface area contributed by atoms with Crippen LogP contribution in [-0.2, 0) is 4.74 Å². The summed E-state index contributed by atoms with van der Waals surface area (Å²) in [4.78, 5) is 2.51. The summed E-state index contributed by atoms with van der Waals surface area (Å²) in [7, 11) is 0. The second-order valence-corrected chi connectivity index (χ2v) is 5.97. The Morgan fingerprint density at radius 3 is 2.94 bits per heavy atom. The van der Waals surface area contributed by atoms with Gasteiger partial charge in [-0.05, 0) is 65.0 Å². The maximum Gasteiger partial charge on any atom is 0.0632 e. The molecular formula is C14H27NO2. The van der Waals surface area contributed by atoms with Crippen molar-refractivity contribution in [3.8, 4) is 0 Å². The van der Waals surface area contributed by atoms with Gasteiger partial charge in [0, 0.05) is 13.2 Å². The first-order chi connectivity index (χ1) is 8.16. The summed E-state index contributed by atoms with van der Waals surface area (Å²) in [6, 6.07) is 0. The highest BCUT2D eigenvalue weighted by atomic mass is 16.5. The second-order valence-electron chi connectivity index (χ2n) is 5.97. The highest BCUT2D eigenvalue weighted by molar-refractivity contribution is 4.79. The van der Waals surface area contributed by atoms with E-state index in [1.54, 1.807) is 0 Å². The fourth-order valence-corrected chi connectivity index (χ4v) is 2.96. The fraction of sp³-hybridized carbons (Fsp3) is 1.00. The zero-order valence-corrected chi connectivity index (χ0v) is 11.2. The van der Waals surface area contributed by atoms with Crippen LogP contribution in [0.2, 0.25) is 0 Å². The highest BCUT2D eigenvalue weighted by Gasteiger charge is 2.24. The summed E-state index contributed by atoms with van der Waals surface area (Å²) in [6.45, 7) is 6.33. The van der Waals surface area contributed by atoms with Gasteiger partial charge in [-0.1, -0.05) is 0 Å². The number of rotatable bonds is 4. The van der Waals surface area contributed by atoms with Gasteiger partial charge in [0.05, 0.1) is 11.7 Å². The average Bonchev–Trinajstić information content (AvgIpc) is 2.72. The van der Waals surface area contributed by atoms with Crippen LogP contribution >= 0.6 is 0 Å². The van der Waals surface area contributed by atoms with Crippen molar-refractivity contribution in [1.29, 1.82) is 0 Å². The first kappa shape index (κ1) is 13.3. The lowest BCUT2D eigenvalue weighted by Gasteiger charge is -2.22. The van der Waals surface area contributed by atoms with E-state index < -0.39 is 5.60 Å². The molecule has 2 atom stereocenters. The largest absolute Gasteiger partial charge is 0.390 e. The molecule has 17 heavy (non-hydrogen) atoms. The summed E-state index contributed by atoms with van der Waals surface area (Å²) >= 11 is 0. The average molecular weight is 241 g/mol. The van der Waals surface area contributed by atoms with E-state index in [9.17, 15) is 5.11 Å². The Balaban J connectivity index is 1.62. The van der Waals surface area contributed by atoms with Crippen LogP contribution in [0.5, 0.6) is 0 Å². The van der Waals surface area contributed by atoms with Gasteiger partial charge in [0.25, 0.3) is 0 Å². The summed E-state index contributed by atoms with van der Waals surface area (Å²) < 4.78 is 5.64. The molecule has 100 valence electrons. The van der Waals surface area contributed by atoms with Gasteiger partial charge in [0.15, 0.2) is 0 Å². The first-order valence-corrected chi connectivity index (χ1v) is 7.22. The minimum Gasteiger partial charge on any atom is -0.390 e. The zero-order valence-electron chi connectivity index (χ0n) is 11.2. The minimum atomic E-state index is -0.427. The lowest BCUT2D eigenvalue weighted by atomic mass is 9.98. The molecule has 0 bridgehead atoms. The Labute approximate surface area is 105 Å². The molecule has 2 aliphatic heterocycles. The van der Waals surface area contributed by atoms with Crippen molar-refractivity contribution in [2.24, 2.45) is 0 Å². The molecule has 2 unspecified atom stereocenters. The van der Waals surface area contributed by atoms with Crippen LogP contribution in [0.3, 0.4) is 0 Å². The predicted molar refractivity (Wildman–Crippen MR) is 69.1 cm³/mol. The van der Waals surface area contributed by atoms with E-state index >= 15 is 0 Å². The monoisotopic (exact) mass is 241 g/mol. The van der Waals surface area contributed by atoms with Crippen LogP contribution in [0.1, 0.15) is 51.9 Å². The molecule has 1 N–H and O–H groups in total. The van der Waals surface area contributed by atoms with E-state index in [1.165, 1.54) is 32.2 Å².